The van der Waals surface area contributed by atoms with Crippen LogP contribution in [0.2, 0.25) is 0 Å². The maximum absolute atomic E-state index is 11.7. The third kappa shape index (κ3) is 2.26. The van der Waals surface area contributed by atoms with Crippen LogP contribution >= 0.6 is 0 Å². The van der Waals surface area contributed by atoms with Crippen LogP contribution < -0.4 is 9.47 Å². The Balaban J connectivity index is 1.66. The molecule has 1 saturated heterocycles. The van der Waals surface area contributed by atoms with Crippen molar-refractivity contribution in [3.8, 4) is 17.2 Å². The lowest BCUT2D eigenvalue weighted by Gasteiger charge is -2.02. The Labute approximate surface area is 105 Å². The molecule has 18 heavy (non-hydrogen) atoms. The van der Waals surface area contributed by atoms with Gasteiger partial charge < -0.3 is 18.9 Å². The summed E-state index contributed by atoms with van der Waals surface area (Å²) in [4.78, 5) is 11.7. The quantitative estimate of drug-likeness (QED) is 0.580. The second kappa shape index (κ2) is 4.49. The van der Waals surface area contributed by atoms with Crippen molar-refractivity contribution in [3.05, 3.63) is 17.7 Å². The van der Waals surface area contributed by atoms with Crippen LogP contribution in [-0.4, -0.2) is 31.9 Å². The summed E-state index contributed by atoms with van der Waals surface area (Å²) < 4.78 is 20.9. The van der Waals surface area contributed by atoms with Crippen LogP contribution in [0.4, 0.5) is 0 Å². The van der Waals surface area contributed by atoms with Gasteiger partial charge in [-0.25, -0.2) is 4.79 Å². The number of benzene rings is 1. The van der Waals surface area contributed by atoms with Gasteiger partial charge >= 0.3 is 5.97 Å². The van der Waals surface area contributed by atoms with Gasteiger partial charge in [-0.1, -0.05) is 6.92 Å². The third-order valence-electron chi connectivity index (χ3n) is 2.72. The van der Waals surface area contributed by atoms with Crippen LogP contribution in [0.3, 0.4) is 0 Å². The zero-order chi connectivity index (χ0) is 12.5. The fourth-order valence-corrected chi connectivity index (χ4v) is 1.62. The molecule has 0 spiro atoms. The molecule has 1 fully saturated rings. The summed E-state index contributed by atoms with van der Waals surface area (Å²) in [5.41, 5.74) is 0.466. The van der Waals surface area contributed by atoms with E-state index in [9.17, 15) is 4.79 Å². The Hall–Kier alpha value is -1.75. The molecule has 0 aromatic heterocycles. The van der Waals surface area contributed by atoms with E-state index in [1.807, 2.05) is 6.92 Å². The molecule has 5 heteroatoms. The van der Waals surface area contributed by atoms with Gasteiger partial charge in [-0.05, 0) is 18.6 Å². The largest absolute Gasteiger partial charge is 0.487 e. The van der Waals surface area contributed by atoms with Crippen LogP contribution in [0.1, 0.15) is 23.7 Å². The van der Waals surface area contributed by atoms with Crippen molar-refractivity contribution in [2.24, 2.45) is 0 Å². The van der Waals surface area contributed by atoms with Crippen molar-refractivity contribution < 1.29 is 23.7 Å². The van der Waals surface area contributed by atoms with E-state index in [1.165, 1.54) is 0 Å². The topological polar surface area (TPSA) is 60.6 Å². The monoisotopic (exact) mass is 250 g/mol. The molecule has 1 atom stereocenters. The highest BCUT2D eigenvalue weighted by molar-refractivity contribution is 5.96. The molecule has 0 saturated carbocycles. The van der Waals surface area contributed by atoms with E-state index in [0.29, 0.717) is 36.0 Å². The zero-order valence-electron chi connectivity index (χ0n) is 10.1. The Morgan fingerprint density at radius 3 is 3.00 bits per heavy atom. The first-order valence-electron chi connectivity index (χ1n) is 6.06. The highest BCUT2D eigenvalue weighted by atomic mass is 16.6. The van der Waals surface area contributed by atoms with Gasteiger partial charge in [-0.15, -0.1) is 0 Å². The summed E-state index contributed by atoms with van der Waals surface area (Å²) >= 11 is 0. The lowest BCUT2D eigenvalue weighted by Crippen LogP contribution is -2.05. The minimum absolute atomic E-state index is 0.202. The number of epoxide rings is 1. The highest BCUT2D eigenvalue weighted by Crippen LogP contribution is 2.55. The third-order valence-corrected chi connectivity index (χ3v) is 2.72. The summed E-state index contributed by atoms with van der Waals surface area (Å²) in [6.07, 6.45) is 1.01. The fraction of sp³-hybridized carbons (Fsp3) is 0.462. The van der Waals surface area contributed by atoms with Gasteiger partial charge in [0.1, 0.15) is 18.3 Å². The lowest BCUT2D eigenvalue weighted by atomic mass is 10.2. The van der Waals surface area contributed by atoms with Crippen molar-refractivity contribution in [2.75, 3.05) is 19.8 Å². The normalized spacial score (nSPS) is 18.6. The molecule has 1 aromatic carbocycles. The number of hydrogen-bond donors (Lipinski definition) is 0. The Morgan fingerprint density at radius 2 is 2.28 bits per heavy atom. The minimum atomic E-state index is -0.345. The van der Waals surface area contributed by atoms with Crippen molar-refractivity contribution in [3.63, 3.8) is 0 Å². The molecule has 0 bridgehead atoms. The fourth-order valence-electron chi connectivity index (χ4n) is 1.62. The number of hydrogen-bond acceptors (Lipinski definition) is 5. The lowest BCUT2D eigenvalue weighted by molar-refractivity contribution is 0.0505. The Morgan fingerprint density at radius 1 is 1.44 bits per heavy atom. The van der Waals surface area contributed by atoms with E-state index in [0.717, 1.165) is 13.0 Å². The zero-order valence-corrected chi connectivity index (χ0v) is 10.1. The predicted molar refractivity (Wildman–Crippen MR) is 62.3 cm³/mol. The first-order valence-corrected chi connectivity index (χ1v) is 6.06. The second-order valence-electron chi connectivity index (χ2n) is 4.27. The second-order valence-corrected chi connectivity index (χ2v) is 4.27. The molecule has 96 valence electrons. The van der Waals surface area contributed by atoms with Gasteiger partial charge in [-0.3, -0.25) is 0 Å². The van der Waals surface area contributed by atoms with Crippen molar-refractivity contribution in [1.82, 2.24) is 0 Å². The van der Waals surface area contributed by atoms with Gasteiger partial charge in [0.2, 0.25) is 5.75 Å². The number of carbonyl (C=O) groups is 1. The summed E-state index contributed by atoms with van der Waals surface area (Å²) in [6, 6.07) is 3.41. The van der Waals surface area contributed by atoms with Crippen LogP contribution in [0, 0.1) is 0 Å². The molecular formula is C13H14O5. The minimum Gasteiger partial charge on any atom is -0.487 e. The molecule has 0 radical (unpaired) electrons. The van der Waals surface area contributed by atoms with E-state index in [4.69, 9.17) is 18.9 Å². The highest BCUT2D eigenvalue weighted by Gasteiger charge is 2.34. The predicted octanol–water partition coefficient (Wildman–Crippen LogP) is 2.14. The van der Waals surface area contributed by atoms with Gasteiger partial charge in [0.05, 0.1) is 13.2 Å². The van der Waals surface area contributed by atoms with E-state index >= 15 is 0 Å². The van der Waals surface area contributed by atoms with Crippen LogP contribution in [0.25, 0.3) is 0 Å². The number of esters is 1. The maximum atomic E-state index is 11.7. The number of carbonyl (C=O) groups excluding carboxylic acids is 1. The molecule has 3 rings (SSSR count). The van der Waals surface area contributed by atoms with Crippen LogP contribution in [0.5, 0.6) is 17.2 Å². The molecule has 2 aliphatic heterocycles. The summed E-state index contributed by atoms with van der Waals surface area (Å²) in [5.74, 6) is 1.53. The molecule has 0 amide bonds. The first kappa shape index (κ1) is 11.3. The molecule has 2 heterocycles. The Bertz CT molecular complexity index is 479. The molecule has 2 aliphatic rings. The molecule has 0 aliphatic carbocycles. The maximum Gasteiger partial charge on any atom is 0.342 e. The first-order chi connectivity index (χ1) is 8.79. The van der Waals surface area contributed by atoms with Crippen LogP contribution in [-0.2, 0) is 9.47 Å². The molecular weight excluding hydrogens is 236 g/mol. The summed E-state index contributed by atoms with van der Waals surface area (Å²) in [6.45, 7) is 3.65. The van der Waals surface area contributed by atoms with Gasteiger partial charge in [0, 0.05) is 0 Å². The number of fused-ring (bicyclic) bond motifs is 1. The standard InChI is InChI=1S/C13H14O5/c1-2-5-15-13(14)9-3-4-10(12-11(9)18-12)17-7-8-6-16-8/h3-4,8H,2,5-7H2,1H3. The Kier molecular flexibility index (Phi) is 2.83. The number of rotatable bonds is 6. The van der Waals surface area contributed by atoms with Crippen molar-refractivity contribution in [2.45, 2.75) is 19.4 Å². The molecule has 5 nitrogen and oxygen atoms in total. The van der Waals surface area contributed by atoms with E-state index in [2.05, 4.69) is 0 Å². The van der Waals surface area contributed by atoms with Crippen molar-refractivity contribution >= 4 is 5.97 Å². The van der Waals surface area contributed by atoms with Crippen LogP contribution in [0.15, 0.2) is 12.1 Å². The van der Waals surface area contributed by atoms with E-state index in [-0.39, 0.29) is 12.1 Å². The summed E-state index contributed by atoms with van der Waals surface area (Å²) in [7, 11) is 0. The average molecular weight is 250 g/mol. The molecule has 1 unspecified atom stereocenters. The van der Waals surface area contributed by atoms with Gasteiger partial charge in [0.15, 0.2) is 11.5 Å². The number of ether oxygens (including phenoxy) is 4. The molecule has 1 aromatic rings. The van der Waals surface area contributed by atoms with Crippen molar-refractivity contribution in [1.29, 1.82) is 0 Å². The van der Waals surface area contributed by atoms with E-state index < -0.39 is 0 Å². The summed E-state index contributed by atoms with van der Waals surface area (Å²) in [5, 5.41) is 0. The molecule has 0 N–H and O–H groups in total. The SMILES string of the molecule is CCCOC(=O)c1ccc(OCC2CO2)c2c1O2. The van der Waals surface area contributed by atoms with Gasteiger partial charge in [0.25, 0.3) is 0 Å². The van der Waals surface area contributed by atoms with Gasteiger partial charge in [-0.2, -0.15) is 0 Å². The van der Waals surface area contributed by atoms with E-state index in [1.54, 1.807) is 12.1 Å². The average Bonchev–Trinajstić information content (AvgIpc) is 3.25. The smallest absolute Gasteiger partial charge is 0.342 e.